The number of aliphatic hydroxyl groups excluding tert-OH is 1. The van der Waals surface area contributed by atoms with Crippen LogP contribution < -0.4 is 4.72 Å². The van der Waals surface area contributed by atoms with Crippen LogP contribution >= 0.6 is 0 Å². The lowest BCUT2D eigenvalue weighted by molar-refractivity contribution is 0.0277. The van der Waals surface area contributed by atoms with Gasteiger partial charge in [0.2, 0.25) is 5.09 Å². The highest BCUT2D eigenvalue weighted by atomic mass is 32.2. The van der Waals surface area contributed by atoms with Crippen LogP contribution in [0.3, 0.4) is 0 Å². The fourth-order valence-electron chi connectivity index (χ4n) is 2.73. The number of rotatable bonds is 6. The van der Waals surface area contributed by atoms with Gasteiger partial charge in [0, 0.05) is 12.2 Å². The van der Waals surface area contributed by atoms with Crippen LogP contribution in [-0.2, 0) is 10.0 Å². The summed E-state index contributed by atoms with van der Waals surface area (Å²) in [5.41, 5.74) is 0.621. The maximum absolute atomic E-state index is 12.4. The highest BCUT2D eigenvalue weighted by molar-refractivity contribution is 7.89. The van der Waals surface area contributed by atoms with Gasteiger partial charge >= 0.3 is 0 Å². The van der Waals surface area contributed by atoms with E-state index in [2.05, 4.69) is 14.9 Å². The molecule has 1 aliphatic carbocycles. The molecule has 1 aliphatic rings. The minimum Gasteiger partial charge on any atom is -0.442 e. The number of sulfonamides is 1. The highest BCUT2D eigenvalue weighted by Gasteiger charge is 2.36. The molecule has 0 aromatic carbocycles. The van der Waals surface area contributed by atoms with Gasteiger partial charge in [-0.2, -0.15) is 5.10 Å². The first-order valence-electron chi connectivity index (χ1n) is 7.29. The van der Waals surface area contributed by atoms with E-state index in [1.165, 1.54) is 6.07 Å². The number of hydrogen-bond donors (Lipinski definition) is 3. The molecular weight excluding hydrogens is 306 g/mol. The van der Waals surface area contributed by atoms with Crippen molar-refractivity contribution in [1.82, 2.24) is 14.9 Å². The van der Waals surface area contributed by atoms with Gasteiger partial charge in [0.15, 0.2) is 5.76 Å². The van der Waals surface area contributed by atoms with Crippen molar-refractivity contribution in [3.8, 4) is 11.5 Å². The van der Waals surface area contributed by atoms with Crippen molar-refractivity contribution in [2.45, 2.75) is 43.4 Å². The smallest absolute Gasteiger partial charge is 0.274 e. The van der Waals surface area contributed by atoms with E-state index in [-0.39, 0.29) is 23.2 Å². The molecule has 1 saturated carbocycles. The van der Waals surface area contributed by atoms with Crippen molar-refractivity contribution < 1.29 is 17.9 Å². The molecule has 120 valence electrons. The third-order valence-corrected chi connectivity index (χ3v) is 5.44. The second-order valence-corrected chi connectivity index (χ2v) is 7.26. The van der Waals surface area contributed by atoms with Crippen LogP contribution in [0.5, 0.6) is 0 Å². The van der Waals surface area contributed by atoms with Crippen molar-refractivity contribution in [3.63, 3.8) is 0 Å². The summed E-state index contributed by atoms with van der Waals surface area (Å²) in [7, 11) is -3.71. The number of aromatic nitrogens is 2. The van der Waals surface area contributed by atoms with E-state index in [0.717, 1.165) is 0 Å². The molecule has 22 heavy (non-hydrogen) atoms. The van der Waals surface area contributed by atoms with Gasteiger partial charge < -0.3 is 9.52 Å². The molecule has 0 aliphatic heterocycles. The number of nitrogens with one attached hydrogen (secondary N) is 2. The van der Waals surface area contributed by atoms with Crippen LogP contribution in [0.1, 0.15) is 26.2 Å². The molecule has 2 heterocycles. The number of hydrogen-bond acceptors (Lipinski definition) is 5. The largest absolute Gasteiger partial charge is 0.442 e. The van der Waals surface area contributed by atoms with E-state index in [1.54, 1.807) is 18.3 Å². The maximum Gasteiger partial charge on any atom is 0.274 e. The summed E-state index contributed by atoms with van der Waals surface area (Å²) in [6.45, 7) is 1.93. The van der Waals surface area contributed by atoms with Crippen LogP contribution in [0.25, 0.3) is 11.5 Å². The fourth-order valence-corrected chi connectivity index (χ4v) is 4.05. The number of aliphatic hydroxyl groups is 1. The van der Waals surface area contributed by atoms with Crippen LogP contribution in [0.4, 0.5) is 0 Å². The molecule has 0 radical (unpaired) electrons. The summed E-state index contributed by atoms with van der Waals surface area (Å²) >= 11 is 0. The molecule has 3 N–H and O–H groups in total. The van der Waals surface area contributed by atoms with Crippen molar-refractivity contribution in [3.05, 3.63) is 24.4 Å². The van der Waals surface area contributed by atoms with E-state index in [0.29, 0.717) is 30.7 Å². The molecule has 2 aromatic rings. The van der Waals surface area contributed by atoms with Gasteiger partial charge in [-0.1, -0.05) is 6.92 Å². The van der Waals surface area contributed by atoms with Crippen molar-refractivity contribution >= 4 is 10.0 Å². The molecule has 8 heteroatoms. The Labute approximate surface area is 128 Å². The highest BCUT2D eigenvalue weighted by Crippen LogP contribution is 2.32. The third kappa shape index (κ3) is 2.94. The maximum atomic E-state index is 12.4. The first kappa shape index (κ1) is 15.3. The molecule has 1 atom stereocenters. The quantitative estimate of drug-likeness (QED) is 0.746. The summed E-state index contributed by atoms with van der Waals surface area (Å²) in [6.07, 6.45) is 3.21. The first-order chi connectivity index (χ1) is 10.5. The number of aromatic amines is 1. The number of nitrogens with zero attached hydrogens (tertiary/aromatic N) is 1. The Balaban J connectivity index is 1.75. The molecule has 0 bridgehead atoms. The van der Waals surface area contributed by atoms with Crippen LogP contribution in [-0.4, -0.2) is 35.9 Å². The average molecular weight is 325 g/mol. The van der Waals surface area contributed by atoms with E-state index in [4.69, 9.17) is 4.42 Å². The Kier molecular flexibility index (Phi) is 4.07. The minimum absolute atomic E-state index is 0.115. The van der Waals surface area contributed by atoms with Crippen molar-refractivity contribution in [2.75, 3.05) is 0 Å². The van der Waals surface area contributed by atoms with Crippen LogP contribution in [0, 0.1) is 5.92 Å². The van der Waals surface area contributed by atoms with Gasteiger partial charge in [-0.25, -0.2) is 13.1 Å². The summed E-state index contributed by atoms with van der Waals surface area (Å²) in [5.74, 6) is 0.599. The Morgan fingerprint density at radius 2 is 2.23 bits per heavy atom. The summed E-state index contributed by atoms with van der Waals surface area (Å²) in [6, 6.07) is 4.54. The summed E-state index contributed by atoms with van der Waals surface area (Å²) < 4.78 is 32.9. The SMILES string of the molecule is CCC(NS(=O)(=O)c1ccc(-c2ccn[nH]2)o1)C1CC(O)C1. The van der Waals surface area contributed by atoms with E-state index < -0.39 is 10.0 Å². The number of H-pyrrole nitrogens is 1. The standard InChI is InChI=1S/C14H19N3O4S/c1-2-11(9-7-10(18)8-9)17-22(19,20)14-4-3-13(21-14)12-5-6-15-16-12/h3-6,9-11,17-18H,2,7-8H2,1H3,(H,15,16). The Bertz CT molecular complexity index is 717. The zero-order valence-corrected chi connectivity index (χ0v) is 13.0. The van der Waals surface area contributed by atoms with Gasteiger partial charge in [0.05, 0.1) is 6.10 Å². The lowest BCUT2D eigenvalue weighted by atomic mass is 9.77. The lowest BCUT2D eigenvalue weighted by Crippen LogP contribution is -2.46. The predicted molar refractivity (Wildman–Crippen MR) is 79.4 cm³/mol. The zero-order chi connectivity index (χ0) is 15.7. The molecule has 0 amide bonds. The Hall–Kier alpha value is -1.64. The molecule has 7 nitrogen and oxygen atoms in total. The minimum atomic E-state index is -3.71. The molecular formula is C14H19N3O4S. The monoisotopic (exact) mass is 325 g/mol. The van der Waals surface area contributed by atoms with E-state index in [9.17, 15) is 13.5 Å². The Morgan fingerprint density at radius 3 is 2.82 bits per heavy atom. The summed E-state index contributed by atoms with van der Waals surface area (Å²) in [5, 5.41) is 15.8. The second kappa shape index (κ2) is 5.86. The molecule has 2 aromatic heterocycles. The van der Waals surface area contributed by atoms with Crippen molar-refractivity contribution in [1.29, 1.82) is 0 Å². The van der Waals surface area contributed by atoms with Crippen LogP contribution in [0.15, 0.2) is 33.9 Å². The molecule has 0 spiro atoms. The molecule has 3 rings (SSSR count). The van der Waals surface area contributed by atoms with Crippen LogP contribution in [0.2, 0.25) is 0 Å². The number of furan rings is 1. The third-order valence-electron chi connectivity index (χ3n) is 4.08. The summed E-state index contributed by atoms with van der Waals surface area (Å²) in [4.78, 5) is 0. The zero-order valence-electron chi connectivity index (χ0n) is 12.2. The van der Waals surface area contributed by atoms with E-state index in [1.807, 2.05) is 6.92 Å². The first-order valence-corrected chi connectivity index (χ1v) is 8.78. The topological polar surface area (TPSA) is 108 Å². The normalized spacial score (nSPS) is 23.2. The lowest BCUT2D eigenvalue weighted by Gasteiger charge is -2.37. The average Bonchev–Trinajstić information content (AvgIpc) is 3.11. The molecule has 1 fully saturated rings. The second-order valence-electron chi connectivity index (χ2n) is 5.61. The predicted octanol–water partition coefficient (Wildman–Crippen LogP) is 1.50. The van der Waals surface area contributed by atoms with Gasteiger partial charge in [-0.05, 0) is 43.4 Å². The fraction of sp³-hybridized carbons (Fsp3) is 0.500. The molecule has 1 unspecified atom stereocenters. The van der Waals surface area contributed by atoms with Gasteiger partial charge in [0.25, 0.3) is 10.0 Å². The van der Waals surface area contributed by atoms with Gasteiger partial charge in [-0.3, -0.25) is 5.10 Å². The van der Waals surface area contributed by atoms with Gasteiger partial charge in [-0.15, -0.1) is 0 Å². The van der Waals surface area contributed by atoms with Gasteiger partial charge in [0.1, 0.15) is 5.69 Å². The Morgan fingerprint density at radius 1 is 1.45 bits per heavy atom. The van der Waals surface area contributed by atoms with E-state index >= 15 is 0 Å². The van der Waals surface area contributed by atoms with Crippen molar-refractivity contribution in [2.24, 2.45) is 5.92 Å². The molecule has 0 saturated heterocycles.